The van der Waals surface area contributed by atoms with Crippen molar-refractivity contribution >= 4 is 17.7 Å². The maximum Gasteiger partial charge on any atom is 0.216 e. The standard InChI is InChI=1S/C8H5NOS/c9-5-6-1-3-7(4-2-6)8(10)11/h1-4H,(H,10,11). The van der Waals surface area contributed by atoms with Crippen molar-refractivity contribution in [2.45, 2.75) is 0 Å². The average Bonchev–Trinajstić information content (AvgIpc) is 2.05. The number of benzene rings is 1. The molecule has 3 heteroatoms. The first-order valence-electron chi connectivity index (χ1n) is 2.97. The summed E-state index contributed by atoms with van der Waals surface area (Å²) in [6.45, 7) is 0. The molecule has 0 saturated carbocycles. The van der Waals surface area contributed by atoms with Crippen molar-refractivity contribution in [1.82, 2.24) is 0 Å². The van der Waals surface area contributed by atoms with E-state index in [0.29, 0.717) is 11.1 Å². The summed E-state index contributed by atoms with van der Waals surface area (Å²) in [4.78, 5) is 10.6. The van der Waals surface area contributed by atoms with Crippen LogP contribution in [0.15, 0.2) is 24.3 Å². The summed E-state index contributed by atoms with van der Waals surface area (Å²) in [6, 6.07) is 8.28. The SMILES string of the molecule is N#Cc1ccc(C(=O)S)cc1. The molecule has 1 rings (SSSR count). The first-order chi connectivity index (χ1) is 5.24. The molecule has 0 bridgehead atoms. The third kappa shape index (κ3) is 1.82. The van der Waals surface area contributed by atoms with Gasteiger partial charge >= 0.3 is 0 Å². The molecule has 0 saturated heterocycles. The Bertz CT molecular complexity index is 310. The number of hydrogen-bond donors (Lipinski definition) is 1. The Morgan fingerprint density at radius 3 is 2.27 bits per heavy atom. The quantitative estimate of drug-likeness (QED) is 0.639. The highest BCUT2D eigenvalue weighted by atomic mass is 32.1. The number of hydrogen-bond acceptors (Lipinski definition) is 2. The van der Waals surface area contributed by atoms with Crippen molar-refractivity contribution in [3.63, 3.8) is 0 Å². The summed E-state index contributed by atoms with van der Waals surface area (Å²) >= 11 is 3.63. The van der Waals surface area contributed by atoms with Gasteiger partial charge in [-0.2, -0.15) is 5.26 Å². The van der Waals surface area contributed by atoms with Crippen LogP contribution in [0.2, 0.25) is 0 Å². The number of carbonyl (C=O) groups excluding carboxylic acids is 1. The number of rotatable bonds is 1. The average molecular weight is 163 g/mol. The highest BCUT2D eigenvalue weighted by Gasteiger charge is 1.97. The van der Waals surface area contributed by atoms with Crippen molar-refractivity contribution < 1.29 is 4.79 Å². The Morgan fingerprint density at radius 1 is 1.36 bits per heavy atom. The smallest absolute Gasteiger partial charge is 0.216 e. The highest BCUT2D eigenvalue weighted by molar-refractivity contribution is 7.97. The molecule has 0 radical (unpaired) electrons. The van der Waals surface area contributed by atoms with E-state index in [4.69, 9.17) is 5.26 Å². The second kappa shape index (κ2) is 3.22. The molecule has 0 aromatic heterocycles. The molecule has 2 nitrogen and oxygen atoms in total. The molecule has 1 aromatic carbocycles. The number of carbonyl (C=O) groups is 1. The molecule has 0 unspecified atom stereocenters. The van der Waals surface area contributed by atoms with Crippen LogP contribution < -0.4 is 0 Å². The maximum absolute atomic E-state index is 10.6. The van der Waals surface area contributed by atoms with Crippen LogP contribution >= 0.6 is 12.6 Å². The van der Waals surface area contributed by atoms with Crippen molar-refractivity contribution in [2.75, 3.05) is 0 Å². The summed E-state index contributed by atoms with van der Waals surface area (Å²) in [5.41, 5.74) is 1.05. The Morgan fingerprint density at radius 2 is 1.91 bits per heavy atom. The zero-order valence-electron chi connectivity index (χ0n) is 5.61. The van der Waals surface area contributed by atoms with Crippen LogP contribution in [-0.4, -0.2) is 5.12 Å². The first kappa shape index (κ1) is 7.83. The second-order valence-corrected chi connectivity index (χ2v) is 2.40. The highest BCUT2D eigenvalue weighted by Crippen LogP contribution is 2.05. The van der Waals surface area contributed by atoms with Gasteiger partial charge in [-0.1, -0.05) is 0 Å². The molecule has 11 heavy (non-hydrogen) atoms. The van der Waals surface area contributed by atoms with Gasteiger partial charge in [0.2, 0.25) is 5.12 Å². The van der Waals surface area contributed by atoms with Gasteiger partial charge < -0.3 is 0 Å². The van der Waals surface area contributed by atoms with Gasteiger partial charge in [0.05, 0.1) is 11.6 Å². The fraction of sp³-hybridized carbons (Fsp3) is 0. The summed E-state index contributed by atoms with van der Waals surface area (Å²) in [5.74, 6) is 0. The fourth-order valence-corrected chi connectivity index (χ4v) is 0.836. The summed E-state index contributed by atoms with van der Waals surface area (Å²) < 4.78 is 0. The third-order valence-electron chi connectivity index (χ3n) is 1.26. The largest absolute Gasteiger partial charge is 0.282 e. The number of nitriles is 1. The molecule has 0 N–H and O–H groups in total. The lowest BCUT2D eigenvalue weighted by atomic mass is 10.2. The normalized spacial score (nSPS) is 8.73. The topological polar surface area (TPSA) is 40.9 Å². The van der Waals surface area contributed by atoms with Gasteiger partial charge in [0.1, 0.15) is 0 Å². The molecule has 54 valence electrons. The van der Waals surface area contributed by atoms with Gasteiger partial charge in [-0.3, -0.25) is 4.79 Å². The molecule has 0 aliphatic carbocycles. The van der Waals surface area contributed by atoms with Crippen molar-refractivity contribution in [3.8, 4) is 6.07 Å². The third-order valence-corrected chi connectivity index (χ3v) is 1.52. The lowest BCUT2D eigenvalue weighted by Gasteiger charge is -1.91. The predicted octanol–water partition coefficient (Wildman–Crippen LogP) is 1.63. The van der Waals surface area contributed by atoms with E-state index in [9.17, 15) is 4.79 Å². The fourth-order valence-electron chi connectivity index (χ4n) is 0.687. The minimum absolute atomic E-state index is 0.283. The van der Waals surface area contributed by atoms with Crippen molar-refractivity contribution in [2.24, 2.45) is 0 Å². The van der Waals surface area contributed by atoms with Gasteiger partial charge in [-0.25, -0.2) is 0 Å². The molecule has 1 aromatic rings. The van der Waals surface area contributed by atoms with Crippen LogP contribution in [0, 0.1) is 11.3 Å². The minimum Gasteiger partial charge on any atom is -0.282 e. The molecular weight excluding hydrogens is 158 g/mol. The van der Waals surface area contributed by atoms with Crippen LogP contribution in [0.1, 0.15) is 15.9 Å². The summed E-state index contributed by atoms with van der Waals surface area (Å²) in [7, 11) is 0. The van der Waals surface area contributed by atoms with Crippen LogP contribution in [0.5, 0.6) is 0 Å². The van der Waals surface area contributed by atoms with Gasteiger partial charge in [-0.05, 0) is 24.3 Å². The second-order valence-electron chi connectivity index (χ2n) is 1.99. The van der Waals surface area contributed by atoms with Gasteiger partial charge in [-0.15, -0.1) is 12.6 Å². The Labute approximate surface area is 69.9 Å². The first-order valence-corrected chi connectivity index (χ1v) is 3.42. The monoisotopic (exact) mass is 163 g/mol. The molecule has 0 heterocycles. The lowest BCUT2D eigenvalue weighted by molar-refractivity contribution is 0.109. The zero-order valence-corrected chi connectivity index (χ0v) is 6.51. The molecular formula is C8H5NOS. The molecule has 0 amide bonds. The molecule has 0 aliphatic heterocycles. The van der Waals surface area contributed by atoms with Crippen molar-refractivity contribution in [1.29, 1.82) is 5.26 Å². The van der Waals surface area contributed by atoms with E-state index in [0.717, 1.165) is 0 Å². The van der Waals surface area contributed by atoms with Gasteiger partial charge in [0.15, 0.2) is 0 Å². The van der Waals surface area contributed by atoms with Crippen LogP contribution in [-0.2, 0) is 0 Å². The summed E-state index contributed by atoms with van der Waals surface area (Å²) in [6.07, 6.45) is 0. The Balaban J connectivity index is 3.03. The van der Waals surface area contributed by atoms with E-state index in [1.54, 1.807) is 24.3 Å². The minimum atomic E-state index is -0.283. The Kier molecular flexibility index (Phi) is 2.29. The van der Waals surface area contributed by atoms with E-state index in [-0.39, 0.29) is 5.12 Å². The zero-order chi connectivity index (χ0) is 8.27. The predicted molar refractivity (Wildman–Crippen MR) is 44.5 cm³/mol. The van der Waals surface area contributed by atoms with Crippen LogP contribution in [0.4, 0.5) is 0 Å². The molecule has 0 aliphatic rings. The number of nitrogens with zero attached hydrogens (tertiary/aromatic N) is 1. The van der Waals surface area contributed by atoms with E-state index >= 15 is 0 Å². The molecule has 0 spiro atoms. The summed E-state index contributed by atoms with van der Waals surface area (Å²) in [5, 5.41) is 8.13. The van der Waals surface area contributed by atoms with Crippen LogP contribution in [0.3, 0.4) is 0 Å². The van der Waals surface area contributed by atoms with E-state index in [1.165, 1.54) is 0 Å². The van der Waals surface area contributed by atoms with Crippen molar-refractivity contribution in [3.05, 3.63) is 35.4 Å². The molecule has 0 fully saturated rings. The lowest BCUT2D eigenvalue weighted by Crippen LogP contribution is -1.87. The van der Waals surface area contributed by atoms with E-state index < -0.39 is 0 Å². The van der Waals surface area contributed by atoms with Gasteiger partial charge in [0, 0.05) is 5.56 Å². The van der Waals surface area contributed by atoms with E-state index in [2.05, 4.69) is 12.6 Å². The van der Waals surface area contributed by atoms with E-state index in [1.807, 2.05) is 6.07 Å². The number of thiol groups is 1. The maximum atomic E-state index is 10.6. The van der Waals surface area contributed by atoms with Gasteiger partial charge in [0.25, 0.3) is 0 Å². The molecule has 0 atom stereocenters. The Hall–Kier alpha value is -1.27. The van der Waals surface area contributed by atoms with Crippen LogP contribution in [0.25, 0.3) is 0 Å².